The Balaban J connectivity index is 1.24. The number of rotatable bonds is 8. The van der Waals surface area contributed by atoms with Crippen molar-refractivity contribution in [2.45, 2.75) is 12.8 Å². The quantitative estimate of drug-likeness (QED) is 0.454. The number of ether oxygens (including phenoxy) is 1. The van der Waals surface area contributed by atoms with E-state index in [0.717, 1.165) is 56.6 Å². The number of aromatic nitrogens is 1. The summed E-state index contributed by atoms with van der Waals surface area (Å²) in [5.41, 5.74) is 1.58. The summed E-state index contributed by atoms with van der Waals surface area (Å²) in [5.74, 6) is 0.107. The Morgan fingerprint density at radius 2 is 1.79 bits per heavy atom. The summed E-state index contributed by atoms with van der Waals surface area (Å²) in [6.45, 7) is 4.70. The lowest BCUT2D eigenvalue weighted by Crippen LogP contribution is -2.46. The maximum Gasteiger partial charge on any atom is 0.258 e. The van der Waals surface area contributed by atoms with Crippen LogP contribution in [0.25, 0.3) is 10.9 Å². The Kier molecular flexibility index (Phi) is 8.11. The highest BCUT2D eigenvalue weighted by Crippen LogP contribution is 2.32. The molecule has 180 valence electrons. The van der Waals surface area contributed by atoms with Crippen molar-refractivity contribution in [3.05, 3.63) is 64.1 Å². The lowest BCUT2D eigenvalue weighted by molar-refractivity contribution is 0.0818. The molecule has 0 bridgehead atoms. The van der Waals surface area contributed by atoms with E-state index in [9.17, 15) is 9.90 Å². The number of hydrogen-bond acceptors (Lipinski definition) is 6. The van der Waals surface area contributed by atoms with Crippen LogP contribution in [0, 0.1) is 5.41 Å². The van der Waals surface area contributed by atoms with Gasteiger partial charge in [-0.3, -0.25) is 19.7 Å². The van der Waals surface area contributed by atoms with E-state index in [0.29, 0.717) is 27.9 Å². The van der Waals surface area contributed by atoms with Crippen molar-refractivity contribution in [2.75, 3.05) is 50.8 Å². The van der Waals surface area contributed by atoms with Crippen LogP contribution in [0.2, 0.25) is 10.0 Å². The number of hydrogen-bond donors (Lipinski definition) is 2. The van der Waals surface area contributed by atoms with Crippen LogP contribution in [0.15, 0.2) is 48.5 Å². The summed E-state index contributed by atoms with van der Waals surface area (Å²) in [5, 5.41) is 19.3. The first-order chi connectivity index (χ1) is 16.5. The molecule has 1 saturated heterocycles. The molecule has 0 aliphatic carbocycles. The van der Waals surface area contributed by atoms with Crippen molar-refractivity contribution in [1.29, 1.82) is 5.41 Å². The van der Waals surface area contributed by atoms with Gasteiger partial charge in [-0.2, -0.15) is 0 Å². The number of unbranched alkanes of at least 4 members (excludes halogenated alkanes) is 1. The lowest BCUT2D eigenvalue weighted by Gasteiger charge is -2.36. The van der Waals surface area contributed by atoms with Gasteiger partial charge in [-0.15, -0.1) is 0 Å². The summed E-state index contributed by atoms with van der Waals surface area (Å²) in [4.78, 5) is 16.8. The lowest BCUT2D eigenvalue weighted by atomic mass is 10.2. The molecule has 0 atom stereocenters. The van der Waals surface area contributed by atoms with E-state index in [4.69, 9.17) is 33.3 Å². The second-order valence-electron chi connectivity index (χ2n) is 8.28. The molecule has 1 aliphatic rings. The van der Waals surface area contributed by atoms with Gasteiger partial charge in [0, 0.05) is 32.2 Å². The molecule has 2 aromatic carbocycles. The predicted molar refractivity (Wildman–Crippen MR) is 135 cm³/mol. The van der Waals surface area contributed by atoms with E-state index in [2.05, 4.69) is 9.80 Å². The Morgan fingerprint density at radius 1 is 1.03 bits per heavy atom. The Bertz CT molecular complexity index is 1220. The third-order valence-corrected chi connectivity index (χ3v) is 6.88. The van der Waals surface area contributed by atoms with E-state index in [-0.39, 0.29) is 5.49 Å². The second kappa shape index (κ2) is 11.2. The third-order valence-electron chi connectivity index (χ3n) is 6.07. The van der Waals surface area contributed by atoms with Crippen LogP contribution in [-0.4, -0.2) is 66.4 Å². The monoisotopic (exact) mass is 502 g/mol. The topological polar surface area (TPSA) is 81.8 Å². The first-order valence-corrected chi connectivity index (χ1v) is 12.1. The van der Waals surface area contributed by atoms with Gasteiger partial charge in [0.15, 0.2) is 0 Å². The molecule has 2 N–H and O–H groups in total. The molecular weight excluding hydrogens is 475 g/mol. The average molecular weight is 503 g/mol. The zero-order valence-electron chi connectivity index (χ0n) is 18.8. The molecule has 1 aromatic heterocycles. The van der Waals surface area contributed by atoms with Gasteiger partial charge in [0.05, 0.1) is 27.9 Å². The smallest absolute Gasteiger partial charge is 0.258 e. The summed E-state index contributed by atoms with van der Waals surface area (Å²) < 4.78 is 7.12. The normalized spacial score (nSPS) is 14.5. The Morgan fingerprint density at radius 3 is 2.56 bits per heavy atom. The molecule has 1 aliphatic heterocycles. The SMILES string of the molecule is N=c1ccc2ccc(OCCCCN3CCN(c4cccc(Cl)c4Cl)CC3)cc2n1C(=O)CO. The number of carbonyl (C=O) groups is 1. The minimum Gasteiger partial charge on any atom is -0.494 e. The summed E-state index contributed by atoms with van der Waals surface area (Å²) >= 11 is 12.5. The highest BCUT2D eigenvalue weighted by atomic mass is 35.5. The van der Waals surface area contributed by atoms with E-state index >= 15 is 0 Å². The fraction of sp³-hybridized carbons (Fsp3) is 0.360. The van der Waals surface area contributed by atoms with Crippen LogP contribution in [0.3, 0.4) is 0 Å². The fourth-order valence-corrected chi connectivity index (χ4v) is 4.65. The van der Waals surface area contributed by atoms with Gasteiger partial charge < -0.3 is 14.7 Å². The van der Waals surface area contributed by atoms with Gasteiger partial charge >= 0.3 is 0 Å². The maximum absolute atomic E-state index is 12.1. The van der Waals surface area contributed by atoms with Crippen molar-refractivity contribution in [2.24, 2.45) is 0 Å². The molecule has 1 fully saturated rings. The standard InChI is InChI=1S/C25H28Cl2N4O3/c26-20-4-3-5-21(25(20)27)30-13-11-29(12-14-30)10-1-2-15-34-19-8-6-18-7-9-23(28)31(22(18)16-19)24(33)17-32/h3-9,16,28,32H,1-2,10-15,17H2. The maximum atomic E-state index is 12.1. The van der Waals surface area contributed by atoms with Gasteiger partial charge in [0.2, 0.25) is 0 Å². The van der Waals surface area contributed by atoms with Crippen molar-refractivity contribution in [3.8, 4) is 5.75 Å². The predicted octanol–water partition coefficient (Wildman–Crippen LogP) is 4.04. The summed E-state index contributed by atoms with van der Waals surface area (Å²) in [6, 6.07) is 14.5. The van der Waals surface area contributed by atoms with Gasteiger partial charge in [0.25, 0.3) is 5.91 Å². The van der Waals surface area contributed by atoms with Crippen LogP contribution in [0.5, 0.6) is 5.75 Å². The molecular formula is C25H28Cl2N4O3. The van der Waals surface area contributed by atoms with E-state index < -0.39 is 12.5 Å². The van der Waals surface area contributed by atoms with Gasteiger partial charge in [0.1, 0.15) is 17.8 Å². The van der Waals surface area contributed by atoms with Crippen molar-refractivity contribution in [3.63, 3.8) is 0 Å². The minimum absolute atomic E-state index is 0.0291. The minimum atomic E-state index is -0.652. The van der Waals surface area contributed by atoms with Gasteiger partial charge in [-0.1, -0.05) is 29.3 Å². The number of fused-ring (bicyclic) bond motifs is 1. The number of nitrogens with zero attached hydrogens (tertiary/aromatic N) is 3. The fourth-order valence-electron chi connectivity index (χ4n) is 4.24. The molecule has 4 rings (SSSR count). The van der Waals surface area contributed by atoms with Crippen LogP contribution in [0.1, 0.15) is 17.6 Å². The van der Waals surface area contributed by atoms with Crippen LogP contribution in [-0.2, 0) is 0 Å². The highest BCUT2D eigenvalue weighted by molar-refractivity contribution is 6.43. The number of aliphatic hydroxyl groups is 1. The molecule has 0 spiro atoms. The zero-order chi connectivity index (χ0) is 24.1. The average Bonchev–Trinajstić information content (AvgIpc) is 2.85. The molecule has 0 unspecified atom stereocenters. The third kappa shape index (κ3) is 5.55. The van der Waals surface area contributed by atoms with E-state index in [1.807, 2.05) is 30.3 Å². The van der Waals surface area contributed by atoms with Crippen LogP contribution < -0.4 is 15.1 Å². The number of nitrogens with one attached hydrogen (secondary N) is 1. The molecule has 9 heteroatoms. The summed E-state index contributed by atoms with van der Waals surface area (Å²) in [6.07, 6.45) is 1.93. The molecule has 3 aromatic rings. The molecule has 0 amide bonds. The number of piperazine rings is 1. The van der Waals surface area contributed by atoms with E-state index in [1.54, 1.807) is 18.2 Å². The molecule has 0 saturated carbocycles. The van der Waals surface area contributed by atoms with Gasteiger partial charge in [-0.25, -0.2) is 0 Å². The van der Waals surface area contributed by atoms with Crippen LogP contribution >= 0.6 is 23.2 Å². The van der Waals surface area contributed by atoms with Crippen molar-refractivity contribution in [1.82, 2.24) is 9.47 Å². The zero-order valence-corrected chi connectivity index (χ0v) is 20.4. The molecule has 7 nitrogen and oxygen atoms in total. The largest absolute Gasteiger partial charge is 0.494 e. The number of benzene rings is 2. The van der Waals surface area contributed by atoms with E-state index in [1.165, 1.54) is 4.57 Å². The number of aliphatic hydroxyl groups excluding tert-OH is 1. The Hall–Kier alpha value is -2.58. The molecule has 34 heavy (non-hydrogen) atoms. The number of halogens is 2. The first-order valence-electron chi connectivity index (χ1n) is 11.4. The first kappa shape index (κ1) is 24.5. The van der Waals surface area contributed by atoms with Gasteiger partial charge in [-0.05, 0) is 61.2 Å². The van der Waals surface area contributed by atoms with Crippen molar-refractivity contribution >= 4 is 45.7 Å². The molecule has 0 radical (unpaired) electrons. The number of carbonyl (C=O) groups excluding carboxylic acids is 1. The van der Waals surface area contributed by atoms with Crippen molar-refractivity contribution < 1.29 is 14.6 Å². The number of pyridine rings is 1. The summed E-state index contributed by atoms with van der Waals surface area (Å²) in [7, 11) is 0. The molecule has 2 heterocycles. The van der Waals surface area contributed by atoms with Crippen LogP contribution in [0.4, 0.5) is 5.69 Å². The highest BCUT2D eigenvalue weighted by Gasteiger charge is 2.19. The second-order valence-corrected chi connectivity index (χ2v) is 9.07. The Labute approximate surface area is 208 Å². The number of anilines is 1.